The number of hydrogen-bond acceptors (Lipinski definition) is 2. The summed E-state index contributed by atoms with van der Waals surface area (Å²) in [6, 6.07) is 4.66. The monoisotopic (exact) mass is 285 g/mol. The van der Waals surface area contributed by atoms with Crippen molar-refractivity contribution in [1.29, 1.82) is 0 Å². The van der Waals surface area contributed by atoms with Gasteiger partial charge in [0.25, 0.3) is 0 Å². The Labute approximate surface area is 117 Å². The molecule has 0 spiro atoms. The summed E-state index contributed by atoms with van der Waals surface area (Å²) in [4.78, 5) is 6.23. The molecule has 0 amide bonds. The molecule has 19 heavy (non-hydrogen) atoms. The van der Waals surface area contributed by atoms with Crippen LogP contribution in [0.5, 0.6) is 0 Å². The maximum Gasteiger partial charge on any atom is 0.191 e. The van der Waals surface area contributed by atoms with Crippen LogP contribution in [0.15, 0.2) is 23.2 Å². The average molecular weight is 286 g/mol. The van der Waals surface area contributed by atoms with Gasteiger partial charge in [0.2, 0.25) is 0 Å². The topological polar surface area (TPSA) is 50.8 Å². The molecule has 1 heterocycles. The second-order valence-electron chi connectivity index (χ2n) is 4.29. The summed E-state index contributed by atoms with van der Waals surface area (Å²) in [6.07, 6.45) is 0.441. The predicted molar refractivity (Wildman–Crippen MR) is 74.0 cm³/mol. The average Bonchev–Trinajstić information content (AvgIpc) is 2.43. The third-order valence-electron chi connectivity index (χ3n) is 3.03. The van der Waals surface area contributed by atoms with Gasteiger partial charge >= 0.3 is 0 Å². The van der Waals surface area contributed by atoms with Gasteiger partial charge in [-0.1, -0.05) is 17.7 Å². The molecule has 1 aromatic carbocycles. The van der Waals surface area contributed by atoms with Crippen molar-refractivity contribution >= 4 is 17.6 Å². The maximum absolute atomic E-state index is 13.5. The fourth-order valence-electron chi connectivity index (χ4n) is 1.95. The highest BCUT2D eigenvalue weighted by atomic mass is 35.5. The molecule has 0 atom stereocenters. The lowest BCUT2D eigenvalue weighted by Gasteiger charge is -2.27. The minimum Gasteiger partial charge on any atom is -0.378 e. The normalized spacial score (nSPS) is 16.7. The summed E-state index contributed by atoms with van der Waals surface area (Å²) in [5, 5.41) is 0.431. The Morgan fingerprint density at radius 2 is 2.16 bits per heavy atom. The number of rotatable bonds is 3. The minimum atomic E-state index is -0.298. The Bertz CT molecular complexity index is 441. The largest absolute Gasteiger partial charge is 0.378 e. The van der Waals surface area contributed by atoms with Crippen LogP contribution in [0.3, 0.4) is 0 Å². The van der Waals surface area contributed by atoms with Gasteiger partial charge in [0.05, 0.1) is 13.2 Å². The molecule has 0 bridgehead atoms. The number of halogens is 2. The molecule has 0 saturated carbocycles. The molecule has 104 valence electrons. The lowest BCUT2D eigenvalue weighted by Crippen LogP contribution is -2.44. The van der Waals surface area contributed by atoms with E-state index >= 15 is 0 Å². The second kappa shape index (κ2) is 6.73. The number of aliphatic imine (C=N–C) groups is 1. The van der Waals surface area contributed by atoms with Gasteiger partial charge in [0.15, 0.2) is 5.96 Å². The quantitative estimate of drug-likeness (QED) is 0.679. The van der Waals surface area contributed by atoms with Crippen molar-refractivity contribution < 1.29 is 9.13 Å². The third-order valence-corrected chi connectivity index (χ3v) is 3.39. The van der Waals surface area contributed by atoms with E-state index in [1.165, 1.54) is 6.07 Å². The highest BCUT2D eigenvalue weighted by Crippen LogP contribution is 2.19. The van der Waals surface area contributed by atoms with Crippen LogP contribution in [0.4, 0.5) is 4.39 Å². The van der Waals surface area contributed by atoms with Crippen LogP contribution in [0.1, 0.15) is 5.56 Å². The number of guanidine groups is 1. The van der Waals surface area contributed by atoms with Crippen LogP contribution in [0.2, 0.25) is 5.02 Å². The van der Waals surface area contributed by atoms with Crippen molar-refractivity contribution in [2.45, 2.75) is 6.42 Å². The van der Waals surface area contributed by atoms with Gasteiger partial charge in [-0.3, -0.25) is 4.99 Å². The van der Waals surface area contributed by atoms with Crippen LogP contribution in [-0.2, 0) is 11.2 Å². The standard InChI is InChI=1S/C13H17ClFN3O/c14-11-2-1-3-12(15)10(11)4-5-17-13(16)18-6-8-19-9-7-18/h1-3H,4-9H2,(H2,16,17). The molecule has 1 aliphatic rings. The Balaban J connectivity index is 1.91. The Kier molecular flexibility index (Phi) is 4.99. The zero-order valence-corrected chi connectivity index (χ0v) is 11.4. The Hall–Kier alpha value is -1.33. The summed E-state index contributed by atoms with van der Waals surface area (Å²) in [6.45, 7) is 3.24. The van der Waals surface area contributed by atoms with Gasteiger partial charge in [-0.15, -0.1) is 0 Å². The van der Waals surface area contributed by atoms with Gasteiger partial charge in [0.1, 0.15) is 5.82 Å². The molecule has 2 N–H and O–H groups in total. The molecule has 1 fully saturated rings. The minimum absolute atomic E-state index is 0.298. The first kappa shape index (κ1) is 14.1. The zero-order chi connectivity index (χ0) is 13.7. The molecule has 1 saturated heterocycles. The molecule has 0 aliphatic carbocycles. The van der Waals surface area contributed by atoms with E-state index in [2.05, 4.69) is 4.99 Å². The fraction of sp³-hybridized carbons (Fsp3) is 0.462. The van der Waals surface area contributed by atoms with Gasteiger partial charge in [-0.25, -0.2) is 4.39 Å². The van der Waals surface area contributed by atoms with Gasteiger partial charge in [-0.05, 0) is 18.6 Å². The van der Waals surface area contributed by atoms with E-state index in [4.69, 9.17) is 22.1 Å². The van der Waals surface area contributed by atoms with Crippen molar-refractivity contribution in [3.05, 3.63) is 34.6 Å². The highest BCUT2D eigenvalue weighted by Gasteiger charge is 2.12. The first-order valence-corrected chi connectivity index (χ1v) is 6.62. The summed E-state index contributed by atoms with van der Waals surface area (Å²) in [5.74, 6) is 0.184. The number of benzene rings is 1. The number of nitrogens with two attached hydrogens (primary N) is 1. The SMILES string of the molecule is NC(=NCCc1c(F)cccc1Cl)N1CCOCC1. The summed E-state index contributed by atoms with van der Waals surface area (Å²) in [7, 11) is 0. The lowest BCUT2D eigenvalue weighted by molar-refractivity contribution is 0.0674. The van der Waals surface area contributed by atoms with Crippen LogP contribution < -0.4 is 5.73 Å². The Morgan fingerprint density at radius 3 is 2.84 bits per heavy atom. The van der Waals surface area contributed by atoms with E-state index in [-0.39, 0.29) is 5.82 Å². The summed E-state index contributed by atoms with van der Waals surface area (Å²) < 4.78 is 18.8. The Morgan fingerprint density at radius 1 is 1.42 bits per heavy atom. The zero-order valence-electron chi connectivity index (χ0n) is 10.6. The molecule has 2 rings (SSSR count). The van der Waals surface area contributed by atoms with E-state index in [9.17, 15) is 4.39 Å². The van der Waals surface area contributed by atoms with Crippen molar-refractivity contribution in [3.8, 4) is 0 Å². The van der Waals surface area contributed by atoms with Crippen molar-refractivity contribution in [3.63, 3.8) is 0 Å². The summed E-state index contributed by atoms with van der Waals surface area (Å²) >= 11 is 5.95. The number of morpholine rings is 1. The van der Waals surface area contributed by atoms with Crippen molar-refractivity contribution in [2.24, 2.45) is 10.7 Å². The maximum atomic E-state index is 13.5. The van der Waals surface area contributed by atoms with Gasteiger partial charge in [-0.2, -0.15) is 0 Å². The first-order valence-electron chi connectivity index (χ1n) is 6.24. The number of ether oxygens (including phenoxy) is 1. The van der Waals surface area contributed by atoms with Gasteiger partial charge in [0, 0.05) is 30.2 Å². The smallest absolute Gasteiger partial charge is 0.191 e. The third kappa shape index (κ3) is 3.81. The van der Waals surface area contributed by atoms with Crippen molar-refractivity contribution in [1.82, 2.24) is 4.90 Å². The molecule has 0 aromatic heterocycles. The van der Waals surface area contributed by atoms with Crippen LogP contribution in [0, 0.1) is 5.82 Å². The predicted octanol–water partition coefficient (Wildman–Crippen LogP) is 1.67. The van der Waals surface area contributed by atoms with E-state index in [1.807, 2.05) is 4.90 Å². The van der Waals surface area contributed by atoms with E-state index in [1.54, 1.807) is 12.1 Å². The molecular weight excluding hydrogens is 269 g/mol. The van der Waals surface area contributed by atoms with Crippen LogP contribution >= 0.6 is 11.6 Å². The summed E-state index contributed by atoms with van der Waals surface area (Å²) in [5.41, 5.74) is 6.37. The first-order chi connectivity index (χ1) is 9.18. The van der Waals surface area contributed by atoms with Crippen LogP contribution in [0.25, 0.3) is 0 Å². The second-order valence-corrected chi connectivity index (χ2v) is 4.70. The fourth-order valence-corrected chi connectivity index (χ4v) is 2.20. The lowest BCUT2D eigenvalue weighted by atomic mass is 10.1. The number of nitrogens with zero attached hydrogens (tertiary/aromatic N) is 2. The highest BCUT2D eigenvalue weighted by molar-refractivity contribution is 6.31. The molecule has 0 unspecified atom stereocenters. The molecular formula is C13H17ClFN3O. The van der Waals surface area contributed by atoms with Crippen LogP contribution in [-0.4, -0.2) is 43.7 Å². The molecule has 0 radical (unpaired) electrons. The number of hydrogen-bond donors (Lipinski definition) is 1. The molecule has 6 heteroatoms. The van der Waals surface area contributed by atoms with E-state index in [0.717, 1.165) is 13.1 Å². The van der Waals surface area contributed by atoms with E-state index in [0.29, 0.717) is 42.7 Å². The molecule has 1 aliphatic heterocycles. The molecule has 4 nitrogen and oxygen atoms in total. The van der Waals surface area contributed by atoms with Gasteiger partial charge < -0.3 is 15.4 Å². The van der Waals surface area contributed by atoms with E-state index < -0.39 is 0 Å². The molecule has 1 aromatic rings. The van der Waals surface area contributed by atoms with Crippen molar-refractivity contribution in [2.75, 3.05) is 32.8 Å².